The van der Waals surface area contributed by atoms with E-state index in [4.69, 9.17) is 0 Å². The van der Waals surface area contributed by atoms with Gasteiger partial charge in [0, 0.05) is 23.5 Å². The van der Waals surface area contributed by atoms with E-state index in [9.17, 15) is 9.90 Å². The minimum absolute atomic E-state index is 0.0925. The molecule has 4 atom stereocenters. The molecule has 1 amide bonds. The van der Waals surface area contributed by atoms with Crippen molar-refractivity contribution in [1.29, 1.82) is 0 Å². The topological polar surface area (TPSA) is 49.3 Å². The number of benzene rings is 1. The lowest BCUT2D eigenvalue weighted by molar-refractivity contribution is -0.120. The van der Waals surface area contributed by atoms with E-state index in [1.54, 1.807) is 11.8 Å². The van der Waals surface area contributed by atoms with Gasteiger partial charge in [-0.1, -0.05) is 18.2 Å². The number of nitrogens with one attached hydrogen (secondary N) is 1. The molecule has 0 aliphatic heterocycles. The molecule has 2 aliphatic rings. The summed E-state index contributed by atoms with van der Waals surface area (Å²) in [5.74, 6) is 2.03. The summed E-state index contributed by atoms with van der Waals surface area (Å²) in [6, 6.07) is 10.2. The van der Waals surface area contributed by atoms with Crippen LogP contribution in [-0.2, 0) is 4.79 Å². The van der Waals surface area contributed by atoms with Crippen molar-refractivity contribution >= 4 is 17.7 Å². The summed E-state index contributed by atoms with van der Waals surface area (Å²) >= 11 is 1.57. The Morgan fingerprint density at radius 2 is 2.00 bits per heavy atom. The molecule has 2 bridgehead atoms. The first-order chi connectivity index (χ1) is 9.78. The van der Waals surface area contributed by atoms with Gasteiger partial charge in [-0.2, -0.15) is 0 Å². The second kappa shape index (κ2) is 6.19. The lowest BCUT2D eigenvalue weighted by Gasteiger charge is -2.30. The highest BCUT2D eigenvalue weighted by molar-refractivity contribution is 8.00. The van der Waals surface area contributed by atoms with Crippen molar-refractivity contribution < 1.29 is 9.90 Å². The van der Waals surface area contributed by atoms with Crippen LogP contribution in [0.5, 0.6) is 0 Å². The molecule has 0 heterocycles. The number of hydrogen-bond donors (Lipinski definition) is 2. The van der Waals surface area contributed by atoms with Crippen molar-refractivity contribution in [3.05, 3.63) is 30.3 Å². The van der Waals surface area contributed by atoms with Gasteiger partial charge in [0.15, 0.2) is 0 Å². The van der Waals surface area contributed by atoms with Crippen molar-refractivity contribution in [3.63, 3.8) is 0 Å². The van der Waals surface area contributed by atoms with Gasteiger partial charge in [0.05, 0.1) is 5.75 Å². The van der Waals surface area contributed by atoms with E-state index >= 15 is 0 Å². The lowest BCUT2D eigenvalue weighted by atomic mass is 9.85. The molecule has 3 nitrogen and oxygen atoms in total. The highest BCUT2D eigenvalue weighted by Gasteiger charge is 2.47. The molecular formula is C16H21NO2S. The van der Waals surface area contributed by atoms with Gasteiger partial charge in [-0.05, 0) is 43.2 Å². The summed E-state index contributed by atoms with van der Waals surface area (Å²) in [6.45, 7) is 0.206. The predicted molar refractivity (Wildman–Crippen MR) is 80.5 cm³/mol. The maximum absolute atomic E-state index is 12.1. The molecule has 2 aliphatic carbocycles. The number of fused-ring (bicyclic) bond motifs is 2. The maximum Gasteiger partial charge on any atom is 0.230 e. The normalized spacial score (nSPS) is 31.4. The van der Waals surface area contributed by atoms with Crippen molar-refractivity contribution in [2.24, 2.45) is 17.8 Å². The van der Waals surface area contributed by atoms with Crippen LogP contribution in [0.2, 0.25) is 0 Å². The number of amides is 1. The van der Waals surface area contributed by atoms with Gasteiger partial charge in [-0.25, -0.2) is 0 Å². The van der Waals surface area contributed by atoms with Crippen LogP contribution in [0.15, 0.2) is 35.2 Å². The Bertz CT molecular complexity index is 465. The van der Waals surface area contributed by atoms with Gasteiger partial charge >= 0.3 is 0 Å². The van der Waals surface area contributed by atoms with E-state index in [0.29, 0.717) is 17.6 Å². The zero-order valence-corrected chi connectivity index (χ0v) is 12.3. The van der Waals surface area contributed by atoms with Crippen LogP contribution >= 0.6 is 11.8 Å². The smallest absolute Gasteiger partial charge is 0.230 e. The molecule has 0 aromatic heterocycles. The Labute approximate surface area is 124 Å². The highest BCUT2D eigenvalue weighted by atomic mass is 32.2. The Morgan fingerprint density at radius 1 is 1.25 bits per heavy atom. The molecule has 108 valence electrons. The van der Waals surface area contributed by atoms with Gasteiger partial charge < -0.3 is 10.4 Å². The fourth-order valence-electron chi connectivity index (χ4n) is 3.79. The monoisotopic (exact) mass is 291 g/mol. The van der Waals surface area contributed by atoms with Crippen LogP contribution in [-0.4, -0.2) is 29.4 Å². The number of carbonyl (C=O) groups excluding carboxylic acids is 1. The number of rotatable bonds is 5. The lowest BCUT2D eigenvalue weighted by Crippen LogP contribution is -2.45. The van der Waals surface area contributed by atoms with Gasteiger partial charge in [-0.3, -0.25) is 4.79 Å². The van der Waals surface area contributed by atoms with Crippen LogP contribution in [0.1, 0.15) is 19.3 Å². The molecule has 4 heteroatoms. The molecular weight excluding hydrogens is 270 g/mol. The first kappa shape index (κ1) is 14.0. The Morgan fingerprint density at radius 3 is 2.75 bits per heavy atom. The van der Waals surface area contributed by atoms with Crippen LogP contribution in [0.25, 0.3) is 0 Å². The van der Waals surface area contributed by atoms with Crippen molar-refractivity contribution in [1.82, 2.24) is 5.32 Å². The molecule has 0 radical (unpaired) electrons. The third-order valence-electron chi connectivity index (χ3n) is 4.74. The summed E-state index contributed by atoms with van der Waals surface area (Å²) in [4.78, 5) is 13.2. The summed E-state index contributed by atoms with van der Waals surface area (Å²) < 4.78 is 0. The molecule has 0 spiro atoms. The average molecular weight is 291 g/mol. The third kappa shape index (κ3) is 2.86. The third-order valence-corrected chi connectivity index (χ3v) is 5.75. The number of carbonyl (C=O) groups is 1. The molecule has 4 unspecified atom stereocenters. The molecule has 1 aromatic rings. The molecule has 2 fully saturated rings. The second-order valence-electron chi connectivity index (χ2n) is 5.87. The van der Waals surface area contributed by atoms with E-state index in [-0.39, 0.29) is 24.5 Å². The number of hydrogen-bond acceptors (Lipinski definition) is 3. The summed E-state index contributed by atoms with van der Waals surface area (Å²) in [5.41, 5.74) is 0. The summed E-state index contributed by atoms with van der Waals surface area (Å²) in [5, 5.41) is 12.7. The Hall–Kier alpha value is -1.00. The molecule has 20 heavy (non-hydrogen) atoms. The van der Waals surface area contributed by atoms with Crippen molar-refractivity contribution in [2.45, 2.75) is 30.2 Å². The van der Waals surface area contributed by atoms with Crippen LogP contribution in [0.4, 0.5) is 0 Å². The Kier molecular flexibility index (Phi) is 4.32. The Balaban J connectivity index is 1.51. The van der Waals surface area contributed by atoms with Crippen LogP contribution < -0.4 is 5.32 Å². The zero-order chi connectivity index (χ0) is 13.9. The van der Waals surface area contributed by atoms with Gasteiger partial charge in [0.1, 0.15) is 0 Å². The first-order valence-electron chi connectivity index (χ1n) is 7.36. The average Bonchev–Trinajstić information content (AvgIpc) is 3.07. The van der Waals surface area contributed by atoms with Gasteiger partial charge in [0.2, 0.25) is 5.91 Å². The fraction of sp³-hybridized carbons (Fsp3) is 0.562. The standard InChI is InChI=1S/C16H21NO2S/c18-9-14-11-6-7-12(8-11)16(14)17-15(19)10-20-13-4-2-1-3-5-13/h1-5,11-12,14,16,18H,6-10H2,(H,17,19). The van der Waals surface area contributed by atoms with Crippen molar-refractivity contribution in [3.8, 4) is 0 Å². The van der Waals surface area contributed by atoms with E-state index < -0.39 is 0 Å². The van der Waals surface area contributed by atoms with Gasteiger partial charge in [-0.15, -0.1) is 11.8 Å². The number of aliphatic hydroxyl groups excluding tert-OH is 1. The zero-order valence-electron chi connectivity index (χ0n) is 11.5. The quantitative estimate of drug-likeness (QED) is 0.819. The van der Waals surface area contributed by atoms with E-state index in [0.717, 1.165) is 4.90 Å². The SMILES string of the molecule is O=C(CSc1ccccc1)NC1C2CCC(C2)C1CO. The summed E-state index contributed by atoms with van der Waals surface area (Å²) in [6.07, 6.45) is 3.61. The molecule has 3 rings (SSSR count). The number of thioether (sulfide) groups is 1. The van der Waals surface area contributed by atoms with E-state index in [1.807, 2.05) is 30.3 Å². The van der Waals surface area contributed by atoms with Crippen LogP contribution in [0, 0.1) is 17.8 Å². The molecule has 1 aromatic carbocycles. The highest BCUT2D eigenvalue weighted by Crippen LogP contribution is 2.48. The van der Waals surface area contributed by atoms with Gasteiger partial charge in [0.25, 0.3) is 0 Å². The number of aliphatic hydroxyl groups is 1. The van der Waals surface area contributed by atoms with Crippen LogP contribution in [0.3, 0.4) is 0 Å². The fourth-order valence-corrected chi connectivity index (χ4v) is 4.52. The van der Waals surface area contributed by atoms with E-state index in [1.165, 1.54) is 19.3 Å². The molecule has 2 N–H and O–H groups in total. The largest absolute Gasteiger partial charge is 0.396 e. The second-order valence-corrected chi connectivity index (χ2v) is 6.92. The minimum atomic E-state index is 0.0925. The van der Waals surface area contributed by atoms with Crippen molar-refractivity contribution in [2.75, 3.05) is 12.4 Å². The predicted octanol–water partition coefficient (Wildman–Crippen LogP) is 2.30. The van der Waals surface area contributed by atoms with E-state index in [2.05, 4.69) is 5.32 Å². The first-order valence-corrected chi connectivity index (χ1v) is 8.34. The molecule has 2 saturated carbocycles. The maximum atomic E-state index is 12.1. The summed E-state index contributed by atoms with van der Waals surface area (Å²) in [7, 11) is 0. The minimum Gasteiger partial charge on any atom is -0.396 e. The molecule has 0 saturated heterocycles.